The van der Waals surface area contributed by atoms with E-state index in [0.717, 1.165) is 10.9 Å². The maximum atomic E-state index is 11.5. The summed E-state index contributed by atoms with van der Waals surface area (Å²) >= 11 is 0. The van der Waals surface area contributed by atoms with E-state index in [2.05, 4.69) is 9.72 Å². The number of nitro groups is 1. The number of esters is 1. The standard InChI is InChI=1S/C13H12N2O4/c1-2-19-13(16)12(15(17)18)8-10-7-9-5-3-4-6-11(9)14-10/h3-8,14H,2H2,1H3/b12-8-. The number of ether oxygens (including phenoxy) is 1. The summed E-state index contributed by atoms with van der Waals surface area (Å²) in [6, 6.07) is 9.18. The third kappa shape index (κ3) is 2.79. The Hall–Kier alpha value is -2.63. The van der Waals surface area contributed by atoms with Crippen LogP contribution >= 0.6 is 0 Å². The molecule has 0 unspecified atom stereocenters. The molecular weight excluding hydrogens is 248 g/mol. The lowest BCUT2D eigenvalue weighted by atomic mass is 10.2. The zero-order chi connectivity index (χ0) is 13.8. The predicted molar refractivity (Wildman–Crippen MR) is 69.9 cm³/mol. The zero-order valence-corrected chi connectivity index (χ0v) is 10.3. The second-order valence-electron chi connectivity index (χ2n) is 3.82. The summed E-state index contributed by atoms with van der Waals surface area (Å²) in [5.74, 6) is -0.939. The predicted octanol–water partition coefficient (Wildman–Crippen LogP) is 2.35. The molecule has 19 heavy (non-hydrogen) atoms. The summed E-state index contributed by atoms with van der Waals surface area (Å²) < 4.78 is 4.65. The van der Waals surface area contributed by atoms with Gasteiger partial charge in [-0.1, -0.05) is 18.2 Å². The molecule has 0 radical (unpaired) electrons. The Labute approximate surface area is 108 Å². The number of nitrogens with one attached hydrogen (secondary N) is 1. The number of para-hydroxylation sites is 1. The van der Waals surface area contributed by atoms with Crippen LogP contribution in [0.4, 0.5) is 0 Å². The van der Waals surface area contributed by atoms with Gasteiger partial charge in [-0.25, -0.2) is 4.79 Å². The summed E-state index contributed by atoms with van der Waals surface area (Å²) in [5, 5.41) is 11.8. The number of carbonyl (C=O) groups excluding carboxylic acids is 1. The fraction of sp³-hybridized carbons (Fsp3) is 0.154. The Morgan fingerprint density at radius 1 is 1.47 bits per heavy atom. The summed E-state index contributed by atoms with van der Waals surface area (Å²) in [7, 11) is 0. The molecule has 0 aliphatic carbocycles. The number of hydrogen-bond acceptors (Lipinski definition) is 4. The minimum atomic E-state index is -0.939. The van der Waals surface area contributed by atoms with E-state index < -0.39 is 16.6 Å². The number of aromatic amines is 1. The molecule has 1 N–H and O–H groups in total. The smallest absolute Gasteiger partial charge is 0.409 e. The van der Waals surface area contributed by atoms with Crippen molar-refractivity contribution in [3.05, 3.63) is 51.8 Å². The van der Waals surface area contributed by atoms with Gasteiger partial charge in [-0.3, -0.25) is 10.1 Å². The van der Waals surface area contributed by atoms with Crippen LogP contribution in [0.15, 0.2) is 36.0 Å². The lowest BCUT2D eigenvalue weighted by Crippen LogP contribution is -2.14. The molecule has 0 aliphatic heterocycles. The highest BCUT2D eigenvalue weighted by Gasteiger charge is 2.23. The van der Waals surface area contributed by atoms with Crippen LogP contribution in [0.5, 0.6) is 0 Å². The van der Waals surface area contributed by atoms with Crippen molar-refractivity contribution in [2.75, 3.05) is 6.61 Å². The summed E-state index contributed by atoms with van der Waals surface area (Å²) in [6.45, 7) is 1.69. The number of aromatic nitrogens is 1. The maximum Gasteiger partial charge on any atom is 0.409 e. The third-order valence-corrected chi connectivity index (χ3v) is 2.52. The maximum absolute atomic E-state index is 11.5. The fourth-order valence-corrected chi connectivity index (χ4v) is 1.71. The number of nitrogens with zero attached hydrogens (tertiary/aromatic N) is 1. The van der Waals surface area contributed by atoms with Crippen LogP contribution in [0.1, 0.15) is 12.6 Å². The van der Waals surface area contributed by atoms with Crippen LogP contribution in [0.2, 0.25) is 0 Å². The molecule has 0 aliphatic rings. The molecule has 0 saturated heterocycles. The highest BCUT2D eigenvalue weighted by atomic mass is 16.6. The number of fused-ring (bicyclic) bond motifs is 1. The molecule has 0 bridgehead atoms. The van der Waals surface area contributed by atoms with Crippen molar-refractivity contribution in [1.29, 1.82) is 0 Å². The summed E-state index contributed by atoms with van der Waals surface area (Å²) in [5.41, 5.74) is 0.745. The molecule has 1 heterocycles. The van der Waals surface area contributed by atoms with Crippen molar-refractivity contribution in [3.63, 3.8) is 0 Å². The van der Waals surface area contributed by atoms with Crippen molar-refractivity contribution in [3.8, 4) is 0 Å². The van der Waals surface area contributed by atoms with Crippen LogP contribution < -0.4 is 0 Å². The molecule has 2 rings (SSSR count). The molecule has 2 aromatic rings. The first-order valence-corrected chi connectivity index (χ1v) is 5.72. The average molecular weight is 260 g/mol. The Morgan fingerprint density at radius 3 is 2.84 bits per heavy atom. The van der Waals surface area contributed by atoms with Crippen molar-refractivity contribution < 1.29 is 14.5 Å². The van der Waals surface area contributed by atoms with Crippen molar-refractivity contribution >= 4 is 22.9 Å². The number of H-pyrrole nitrogens is 1. The minimum Gasteiger partial charge on any atom is -0.458 e. The van der Waals surface area contributed by atoms with Crippen LogP contribution in [0.25, 0.3) is 17.0 Å². The number of rotatable bonds is 4. The van der Waals surface area contributed by atoms with Crippen molar-refractivity contribution in [1.82, 2.24) is 4.98 Å². The molecule has 0 fully saturated rings. The van der Waals surface area contributed by atoms with E-state index in [0.29, 0.717) is 5.69 Å². The molecule has 6 nitrogen and oxygen atoms in total. The van der Waals surface area contributed by atoms with Gasteiger partial charge in [0.15, 0.2) is 0 Å². The van der Waals surface area contributed by atoms with Gasteiger partial charge in [0.1, 0.15) is 0 Å². The Bertz CT molecular complexity index is 624. The van der Waals surface area contributed by atoms with E-state index in [1.54, 1.807) is 13.0 Å². The van der Waals surface area contributed by atoms with E-state index in [9.17, 15) is 14.9 Å². The highest BCUT2D eigenvalue weighted by Crippen LogP contribution is 2.17. The van der Waals surface area contributed by atoms with Gasteiger partial charge in [0.05, 0.1) is 11.5 Å². The second kappa shape index (κ2) is 5.34. The lowest BCUT2D eigenvalue weighted by Gasteiger charge is -1.98. The number of hydrogen-bond donors (Lipinski definition) is 1. The SMILES string of the molecule is CCOC(=O)/C(=C/c1cc2ccccc2[nH]1)[N+](=O)[O-]. The minimum absolute atomic E-state index is 0.0940. The van der Waals surface area contributed by atoms with Gasteiger partial charge in [-0.2, -0.15) is 0 Å². The first-order valence-electron chi connectivity index (χ1n) is 5.72. The first-order chi connectivity index (χ1) is 9.11. The van der Waals surface area contributed by atoms with Gasteiger partial charge >= 0.3 is 11.7 Å². The van der Waals surface area contributed by atoms with Gasteiger partial charge in [-0.05, 0) is 24.4 Å². The Morgan fingerprint density at radius 2 is 2.21 bits per heavy atom. The van der Waals surface area contributed by atoms with E-state index >= 15 is 0 Å². The van der Waals surface area contributed by atoms with Crippen LogP contribution in [0.3, 0.4) is 0 Å². The number of benzene rings is 1. The molecule has 1 aromatic heterocycles. The molecule has 0 spiro atoms. The van der Waals surface area contributed by atoms with Crippen molar-refractivity contribution in [2.45, 2.75) is 6.92 Å². The van der Waals surface area contributed by atoms with E-state index in [4.69, 9.17) is 0 Å². The highest BCUT2D eigenvalue weighted by molar-refractivity contribution is 5.92. The first kappa shape index (κ1) is 12.8. The Kier molecular flexibility index (Phi) is 3.61. The van der Waals surface area contributed by atoms with Crippen LogP contribution in [0, 0.1) is 10.1 Å². The molecular formula is C13H12N2O4. The van der Waals surface area contributed by atoms with Gasteiger partial charge in [0.25, 0.3) is 0 Å². The molecule has 0 atom stereocenters. The number of carbonyl (C=O) groups is 1. The van der Waals surface area contributed by atoms with Crippen molar-refractivity contribution in [2.24, 2.45) is 0 Å². The fourth-order valence-electron chi connectivity index (χ4n) is 1.71. The van der Waals surface area contributed by atoms with Gasteiger partial charge in [-0.15, -0.1) is 0 Å². The topological polar surface area (TPSA) is 85.2 Å². The quantitative estimate of drug-likeness (QED) is 0.395. The third-order valence-electron chi connectivity index (χ3n) is 2.52. The van der Waals surface area contributed by atoms with Gasteiger partial charge < -0.3 is 9.72 Å². The van der Waals surface area contributed by atoms with E-state index in [-0.39, 0.29) is 6.61 Å². The van der Waals surface area contributed by atoms with Gasteiger partial charge in [0, 0.05) is 17.3 Å². The molecule has 98 valence electrons. The van der Waals surface area contributed by atoms with E-state index in [1.165, 1.54) is 6.08 Å². The van der Waals surface area contributed by atoms with E-state index in [1.807, 2.05) is 24.3 Å². The van der Waals surface area contributed by atoms with Gasteiger partial charge in [0.2, 0.25) is 0 Å². The monoisotopic (exact) mass is 260 g/mol. The molecule has 0 amide bonds. The summed E-state index contributed by atoms with van der Waals surface area (Å²) in [6.07, 6.45) is 1.18. The second-order valence-corrected chi connectivity index (χ2v) is 3.82. The molecule has 6 heteroatoms. The Balaban J connectivity index is 2.40. The summed E-state index contributed by atoms with van der Waals surface area (Å²) in [4.78, 5) is 24.6. The molecule has 1 aromatic carbocycles. The zero-order valence-electron chi connectivity index (χ0n) is 10.3. The van der Waals surface area contributed by atoms with Crippen LogP contribution in [-0.4, -0.2) is 22.5 Å². The normalized spacial score (nSPS) is 11.5. The molecule has 0 saturated carbocycles. The lowest BCUT2D eigenvalue weighted by molar-refractivity contribution is -0.419. The largest absolute Gasteiger partial charge is 0.458 e. The average Bonchev–Trinajstić information content (AvgIpc) is 2.78. The van der Waals surface area contributed by atoms with Crippen LogP contribution in [-0.2, 0) is 9.53 Å².